The number of anilines is 3. The molecule has 1 amide bonds. The second-order valence-corrected chi connectivity index (χ2v) is 11.8. The average Bonchev–Trinajstić information content (AvgIpc) is 3.07. The highest BCUT2D eigenvalue weighted by Gasteiger charge is 2.41. The van der Waals surface area contributed by atoms with Crippen LogP contribution in [-0.2, 0) is 10.3 Å². The number of amidine groups is 2. The lowest BCUT2D eigenvalue weighted by atomic mass is 9.72. The minimum Gasteiger partial charge on any atom is -0.444 e. The SMILES string of the molecule is CC(C)(C)OC(=O)NC1(c2ccc(C(=N)N3C(=N)c4ccccc4Nc4ncc(-c5ccccc5)cc43)cc2)CCC1. The van der Waals surface area contributed by atoms with Crippen LogP contribution >= 0.6 is 0 Å². The molecule has 0 radical (unpaired) electrons. The third-order valence-electron chi connectivity index (χ3n) is 7.76. The molecule has 1 saturated carbocycles. The highest BCUT2D eigenvalue weighted by molar-refractivity contribution is 6.30. The van der Waals surface area contributed by atoms with Crippen molar-refractivity contribution >= 4 is 35.0 Å². The number of nitrogens with zero attached hydrogens (tertiary/aromatic N) is 2. The van der Waals surface area contributed by atoms with E-state index in [2.05, 4.69) is 10.6 Å². The molecule has 2 aliphatic rings. The van der Waals surface area contributed by atoms with Crippen LogP contribution in [-0.4, -0.2) is 28.3 Å². The van der Waals surface area contributed by atoms with Crippen LogP contribution in [0.25, 0.3) is 11.1 Å². The van der Waals surface area contributed by atoms with Gasteiger partial charge in [-0.3, -0.25) is 15.7 Å². The van der Waals surface area contributed by atoms with Gasteiger partial charge in [-0.25, -0.2) is 9.78 Å². The van der Waals surface area contributed by atoms with Gasteiger partial charge in [0.1, 0.15) is 17.3 Å². The number of carbonyl (C=O) groups excluding carboxylic acids is 1. The minimum absolute atomic E-state index is 0.154. The molecule has 4 N–H and O–H groups in total. The van der Waals surface area contributed by atoms with Crippen molar-refractivity contribution in [2.75, 3.05) is 10.2 Å². The fourth-order valence-electron chi connectivity index (χ4n) is 5.50. The summed E-state index contributed by atoms with van der Waals surface area (Å²) in [5.74, 6) is 0.904. The first-order chi connectivity index (χ1) is 20.1. The van der Waals surface area contributed by atoms with Gasteiger partial charge in [0, 0.05) is 22.9 Å². The van der Waals surface area contributed by atoms with Crippen molar-refractivity contribution in [2.24, 2.45) is 0 Å². The summed E-state index contributed by atoms with van der Waals surface area (Å²) in [6.07, 6.45) is 4.04. The lowest BCUT2D eigenvalue weighted by molar-refractivity contribution is 0.0377. The molecule has 2 heterocycles. The van der Waals surface area contributed by atoms with E-state index in [1.54, 1.807) is 4.90 Å². The zero-order valence-electron chi connectivity index (χ0n) is 24.0. The molecule has 212 valence electrons. The van der Waals surface area contributed by atoms with Gasteiger partial charge in [0.2, 0.25) is 0 Å². The Balaban J connectivity index is 1.36. The van der Waals surface area contributed by atoms with Crippen LogP contribution in [0, 0.1) is 10.8 Å². The summed E-state index contributed by atoms with van der Waals surface area (Å²) in [6, 6.07) is 27.2. The number of rotatable bonds is 4. The molecule has 4 aromatic rings. The lowest BCUT2D eigenvalue weighted by Crippen LogP contribution is -2.52. The molecule has 8 nitrogen and oxygen atoms in total. The van der Waals surface area contributed by atoms with E-state index in [1.165, 1.54) is 0 Å². The van der Waals surface area contributed by atoms with Gasteiger partial charge < -0.3 is 15.4 Å². The molecule has 8 heteroatoms. The Labute approximate surface area is 245 Å². The predicted molar refractivity (Wildman–Crippen MR) is 167 cm³/mol. The van der Waals surface area contributed by atoms with Crippen molar-refractivity contribution in [1.82, 2.24) is 10.3 Å². The summed E-state index contributed by atoms with van der Waals surface area (Å²) in [5, 5.41) is 25.1. The number of benzene rings is 3. The van der Waals surface area contributed by atoms with Crippen LogP contribution in [0.3, 0.4) is 0 Å². The summed E-state index contributed by atoms with van der Waals surface area (Å²) >= 11 is 0. The van der Waals surface area contributed by atoms with E-state index in [4.69, 9.17) is 9.72 Å². The van der Waals surface area contributed by atoms with Gasteiger partial charge >= 0.3 is 6.09 Å². The highest BCUT2D eigenvalue weighted by atomic mass is 16.6. The molecule has 0 bridgehead atoms. The van der Waals surface area contributed by atoms with Crippen LogP contribution in [0.5, 0.6) is 0 Å². The Morgan fingerprint density at radius 1 is 0.976 bits per heavy atom. The van der Waals surface area contributed by atoms with Gasteiger partial charge in [0.25, 0.3) is 0 Å². The molecule has 0 saturated heterocycles. The van der Waals surface area contributed by atoms with E-state index in [0.717, 1.165) is 41.6 Å². The number of para-hydroxylation sites is 1. The van der Waals surface area contributed by atoms with Gasteiger partial charge in [0.15, 0.2) is 5.82 Å². The number of fused-ring (bicyclic) bond motifs is 2. The second kappa shape index (κ2) is 10.4. The average molecular weight is 559 g/mol. The normalized spacial score (nSPS) is 15.3. The second-order valence-electron chi connectivity index (χ2n) is 11.8. The first-order valence-electron chi connectivity index (χ1n) is 14.1. The van der Waals surface area contributed by atoms with Crippen molar-refractivity contribution < 1.29 is 9.53 Å². The largest absolute Gasteiger partial charge is 0.444 e. The molecule has 1 aliphatic carbocycles. The van der Waals surface area contributed by atoms with Crippen molar-refractivity contribution in [3.63, 3.8) is 0 Å². The number of carbonyl (C=O) groups is 1. The van der Waals surface area contributed by atoms with Gasteiger partial charge in [-0.15, -0.1) is 0 Å². The van der Waals surface area contributed by atoms with Crippen molar-refractivity contribution in [3.8, 4) is 11.1 Å². The minimum atomic E-state index is -0.579. The van der Waals surface area contributed by atoms with Gasteiger partial charge in [-0.1, -0.05) is 66.7 Å². The number of ether oxygens (including phenoxy) is 1. The Bertz CT molecular complexity index is 1670. The van der Waals surface area contributed by atoms with Gasteiger partial charge in [-0.2, -0.15) is 0 Å². The summed E-state index contributed by atoms with van der Waals surface area (Å²) in [5.41, 5.74) is 4.50. The standard InChI is InChI=1S/C34H34N6O2/c1-33(2,3)42-32(41)39-34(18-9-19-34)25-16-14-23(15-17-25)29(35)40-28-20-24(22-10-5-4-6-11-22)21-37-31(28)38-27-13-8-7-12-26(27)30(40)36/h4-8,10-17,20-21,35-36H,9,18-19H2,1-3H3,(H,37,38)(H,39,41). The molecule has 0 atom stereocenters. The molecular formula is C34H34N6O2. The van der Waals surface area contributed by atoms with Crippen molar-refractivity contribution in [1.29, 1.82) is 10.8 Å². The number of amides is 1. The Morgan fingerprint density at radius 2 is 1.67 bits per heavy atom. The van der Waals surface area contributed by atoms with Crippen LogP contribution < -0.4 is 15.5 Å². The molecular weight excluding hydrogens is 524 g/mol. The third kappa shape index (κ3) is 5.11. The molecule has 0 unspecified atom stereocenters. The number of hydrogen-bond acceptors (Lipinski definition) is 6. The maximum absolute atomic E-state index is 12.6. The number of nitrogens with one attached hydrogen (secondary N) is 4. The maximum Gasteiger partial charge on any atom is 0.408 e. The van der Waals surface area contributed by atoms with E-state index in [-0.39, 0.29) is 11.7 Å². The first kappa shape index (κ1) is 27.2. The van der Waals surface area contributed by atoms with E-state index >= 15 is 0 Å². The summed E-state index contributed by atoms with van der Waals surface area (Å²) in [7, 11) is 0. The highest BCUT2D eigenvalue weighted by Crippen LogP contribution is 2.42. The topological polar surface area (TPSA) is 114 Å². The summed E-state index contributed by atoms with van der Waals surface area (Å²) in [6.45, 7) is 5.56. The van der Waals surface area contributed by atoms with E-state index < -0.39 is 17.2 Å². The molecule has 1 aromatic heterocycles. The maximum atomic E-state index is 12.6. The number of pyridine rings is 1. The lowest BCUT2D eigenvalue weighted by Gasteiger charge is -2.43. The van der Waals surface area contributed by atoms with Gasteiger partial charge in [-0.05, 0) is 69.4 Å². The van der Waals surface area contributed by atoms with Crippen LogP contribution in [0.15, 0.2) is 91.1 Å². The number of alkyl carbamates (subject to hydrolysis) is 1. The molecule has 1 aliphatic heterocycles. The molecule has 3 aromatic carbocycles. The van der Waals surface area contributed by atoms with E-state index in [0.29, 0.717) is 22.6 Å². The quantitative estimate of drug-likeness (QED) is 0.152. The Kier molecular flexibility index (Phi) is 6.77. The first-order valence-corrected chi connectivity index (χ1v) is 14.1. The van der Waals surface area contributed by atoms with Crippen molar-refractivity contribution in [2.45, 2.75) is 51.2 Å². The summed E-state index contributed by atoms with van der Waals surface area (Å²) < 4.78 is 5.53. The van der Waals surface area contributed by atoms with Crippen LogP contribution in [0.1, 0.15) is 56.7 Å². The zero-order chi connectivity index (χ0) is 29.5. The zero-order valence-corrected chi connectivity index (χ0v) is 24.0. The molecule has 42 heavy (non-hydrogen) atoms. The Hall–Kier alpha value is -4.98. The van der Waals surface area contributed by atoms with Crippen LogP contribution in [0.4, 0.5) is 22.0 Å². The summed E-state index contributed by atoms with van der Waals surface area (Å²) in [4.78, 5) is 19.0. The smallest absolute Gasteiger partial charge is 0.408 e. The number of hydrogen-bond donors (Lipinski definition) is 4. The van der Waals surface area contributed by atoms with E-state index in [9.17, 15) is 15.6 Å². The van der Waals surface area contributed by atoms with Crippen molar-refractivity contribution in [3.05, 3.63) is 108 Å². The van der Waals surface area contributed by atoms with Gasteiger partial charge in [0.05, 0.1) is 16.9 Å². The predicted octanol–water partition coefficient (Wildman–Crippen LogP) is 7.57. The molecule has 1 fully saturated rings. The number of aromatic nitrogens is 1. The Morgan fingerprint density at radius 3 is 2.33 bits per heavy atom. The molecule has 0 spiro atoms. The monoisotopic (exact) mass is 558 g/mol. The van der Waals surface area contributed by atoms with E-state index in [1.807, 2.05) is 112 Å². The third-order valence-corrected chi connectivity index (χ3v) is 7.76. The fourth-order valence-corrected chi connectivity index (χ4v) is 5.50. The van der Waals surface area contributed by atoms with Crippen LogP contribution in [0.2, 0.25) is 0 Å². The fraction of sp³-hybridized carbons (Fsp3) is 0.235. The molecule has 6 rings (SSSR count).